The summed E-state index contributed by atoms with van der Waals surface area (Å²) < 4.78 is 5.60. The Morgan fingerprint density at radius 1 is 0.500 bits per heavy atom. The van der Waals surface area contributed by atoms with Gasteiger partial charge in [-0.15, -0.1) is 0 Å². The van der Waals surface area contributed by atoms with E-state index in [1.807, 2.05) is 0 Å². The second kappa shape index (κ2) is 26.7. The largest absolute Gasteiger partial charge is 0.463 e. The molecule has 0 fully saturated rings. The molecule has 0 aromatic rings. The van der Waals surface area contributed by atoms with Gasteiger partial charge in [-0.05, 0) is 26.2 Å². The van der Waals surface area contributed by atoms with Crippen LogP contribution in [0, 0.1) is 0 Å². The first kappa shape index (κ1) is 31.5. The van der Waals surface area contributed by atoms with E-state index >= 15 is 0 Å². The van der Waals surface area contributed by atoms with Gasteiger partial charge in [0.2, 0.25) is 0 Å². The first-order chi connectivity index (χ1) is 15.7. The van der Waals surface area contributed by atoms with Crippen molar-refractivity contribution in [3.8, 4) is 0 Å². The monoisotopic (exact) mass is 452 g/mol. The maximum absolute atomic E-state index is 12.0. The molecule has 192 valence electrons. The van der Waals surface area contributed by atoms with Crippen molar-refractivity contribution in [2.75, 3.05) is 0 Å². The van der Waals surface area contributed by atoms with Gasteiger partial charge in [-0.3, -0.25) is 4.79 Å². The summed E-state index contributed by atoms with van der Waals surface area (Å²) in [5.41, 5.74) is 0. The summed E-state index contributed by atoms with van der Waals surface area (Å²) in [5.74, 6) is 0.0210. The molecule has 0 aliphatic rings. The number of unbranched alkanes of at least 4 members (excludes halogenated alkanes) is 21. The molecule has 0 radical (unpaired) electrons. The molecule has 0 bridgehead atoms. The van der Waals surface area contributed by atoms with Gasteiger partial charge < -0.3 is 4.74 Å². The van der Waals surface area contributed by atoms with Crippen molar-refractivity contribution in [3.05, 3.63) is 0 Å². The van der Waals surface area contributed by atoms with Crippen LogP contribution < -0.4 is 0 Å². The predicted octanol–water partition coefficient (Wildman–Crippen LogP) is 10.7. The zero-order valence-corrected chi connectivity index (χ0v) is 22.6. The van der Waals surface area contributed by atoms with E-state index in [2.05, 4.69) is 20.8 Å². The molecule has 0 saturated carbocycles. The molecule has 2 nitrogen and oxygen atoms in total. The first-order valence-electron chi connectivity index (χ1n) is 14.9. The van der Waals surface area contributed by atoms with E-state index in [1.54, 1.807) is 0 Å². The summed E-state index contributed by atoms with van der Waals surface area (Å²) in [4.78, 5) is 12.0. The SMILES string of the molecule is CCCCCCCCCCCCCCCC(=O)OC(C)CCCCCCCCCCCC. The number of carbonyl (C=O) groups excluding carboxylic acids is 1. The minimum atomic E-state index is 0.0210. The number of esters is 1. The standard InChI is InChI=1S/C30H60O2/c1-4-6-8-10-12-14-16-17-18-20-22-24-26-28-30(31)32-29(3)27-25-23-21-19-15-13-11-9-7-5-2/h29H,4-28H2,1-3H3. The predicted molar refractivity (Wildman–Crippen MR) is 142 cm³/mol. The van der Waals surface area contributed by atoms with Gasteiger partial charge in [0.05, 0.1) is 6.10 Å². The highest BCUT2D eigenvalue weighted by Gasteiger charge is 2.09. The Morgan fingerprint density at radius 2 is 0.812 bits per heavy atom. The lowest BCUT2D eigenvalue weighted by Crippen LogP contribution is -2.14. The molecule has 0 aromatic heterocycles. The van der Waals surface area contributed by atoms with Gasteiger partial charge in [-0.1, -0.05) is 149 Å². The summed E-state index contributed by atoms with van der Waals surface area (Å²) >= 11 is 0. The van der Waals surface area contributed by atoms with Gasteiger partial charge >= 0.3 is 5.97 Å². The minimum absolute atomic E-state index is 0.0210. The third kappa shape index (κ3) is 25.7. The third-order valence-corrected chi connectivity index (χ3v) is 6.78. The molecule has 0 amide bonds. The number of rotatable bonds is 26. The fourth-order valence-corrected chi connectivity index (χ4v) is 4.55. The summed E-state index contributed by atoms with van der Waals surface area (Å²) in [6.07, 6.45) is 32.7. The van der Waals surface area contributed by atoms with Crippen molar-refractivity contribution in [2.45, 2.75) is 187 Å². The third-order valence-electron chi connectivity index (χ3n) is 6.78. The van der Waals surface area contributed by atoms with E-state index in [4.69, 9.17) is 4.74 Å². The average Bonchev–Trinajstić information content (AvgIpc) is 2.78. The van der Waals surface area contributed by atoms with Crippen molar-refractivity contribution < 1.29 is 9.53 Å². The normalized spacial score (nSPS) is 12.2. The molecular formula is C30H60O2. The lowest BCUT2D eigenvalue weighted by Gasteiger charge is -2.13. The van der Waals surface area contributed by atoms with E-state index < -0.39 is 0 Å². The van der Waals surface area contributed by atoms with Crippen molar-refractivity contribution in [2.24, 2.45) is 0 Å². The van der Waals surface area contributed by atoms with Crippen LogP contribution in [0.15, 0.2) is 0 Å². The zero-order valence-electron chi connectivity index (χ0n) is 22.6. The number of hydrogen-bond acceptors (Lipinski definition) is 2. The molecule has 0 aliphatic heterocycles. The Bertz CT molecular complexity index is 366. The second-order valence-corrected chi connectivity index (χ2v) is 10.3. The maximum Gasteiger partial charge on any atom is 0.306 e. The van der Waals surface area contributed by atoms with E-state index in [-0.39, 0.29) is 12.1 Å². The molecule has 0 spiro atoms. The number of ether oxygens (including phenoxy) is 1. The highest BCUT2D eigenvalue weighted by molar-refractivity contribution is 5.69. The molecule has 32 heavy (non-hydrogen) atoms. The van der Waals surface area contributed by atoms with Crippen LogP contribution in [-0.4, -0.2) is 12.1 Å². The van der Waals surface area contributed by atoms with Crippen LogP contribution in [0.1, 0.15) is 181 Å². The van der Waals surface area contributed by atoms with Crippen LogP contribution in [0.4, 0.5) is 0 Å². The Kier molecular flexibility index (Phi) is 26.3. The zero-order chi connectivity index (χ0) is 23.5. The van der Waals surface area contributed by atoms with E-state index in [0.29, 0.717) is 6.42 Å². The quantitative estimate of drug-likeness (QED) is 0.0963. The Morgan fingerprint density at radius 3 is 1.19 bits per heavy atom. The van der Waals surface area contributed by atoms with Crippen LogP contribution in [0.5, 0.6) is 0 Å². The fraction of sp³-hybridized carbons (Fsp3) is 0.967. The second-order valence-electron chi connectivity index (χ2n) is 10.3. The molecule has 0 rings (SSSR count). The van der Waals surface area contributed by atoms with Crippen LogP contribution in [0.25, 0.3) is 0 Å². The summed E-state index contributed by atoms with van der Waals surface area (Å²) in [6.45, 7) is 6.62. The average molecular weight is 453 g/mol. The fourth-order valence-electron chi connectivity index (χ4n) is 4.55. The van der Waals surface area contributed by atoms with Crippen LogP contribution >= 0.6 is 0 Å². The minimum Gasteiger partial charge on any atom is -0.463 e. The Labute approximate surface area is 203 Å². The van der Waals surface area contributed by atoms with E-state index in [0.717, 1.165) is 12.8 Å². The highest BCUT2D eigenvalue weighted by atomic mass is 16.5. The maximum atomic E-state index is 12.0. The van der Waals surface area contributed by atoms with Gasteiger partial charge in [0.1, 0.15) is 0 Å². The topological polar surface area (TPSA) is 26.3 Å². The van der Waals surface area contributed by atoms with E-state index in [1.165, 1.54) is 141 Å². The number of carbonyl (C=O) groups is 1. The molecule has 0 saturated heterocycles. The van der Waals surface area contributed by atoms with Gasteiger partial charge in [-0.2, -0.15) is 0 Å². The molecule has 1 unspecified atom stereocenters. The van der Waals surface area contributed by atoms with Crippen molar-refractivity contribution >= 4 is 5.97 Å². The molecule has 1 atom stereocenters. The summed E-state index contributed by atoms with van der Waals surface area (Å²) in [6, 6.07) is 0. The van der Waals surface area contributed by atoms with Gasteiger partial charge in [-0.25, -0.2) is 0 Å². The van der Waals surface area contributed by atoms with Crippen LogP contribution in [-0.2, 0) is 9.53 Å². The Balaban J connectivity index is 3.29. The van der Waals surface area contributed by atoms with Crippen molar-refractivity contribution in [3.63, 3.8) is 0 Å². The molecule has 0 aliphatic carbocycles. The van der Waals surface area contributed by atoms with Crippen LogP contribution in [0.2, 0.25) is 0 Å². The number of hydrogen-bond donors (Lipinski definition) is 0. The lowest BCUT2D eigenvalue weighted by atomic mass is 10.0. The van der Waals surface area contributed by atoms with Crippen LogP contribution in [0.3, 0.4) is 0 Å². The molecule has 0 aromatic carbocycles. The van der Waals surface area contributed by atoms with Gasteiger partial charge in [0.25, 0.3) is 0 Å². The van der Waals surface area contributed by atoms with E-state index in [9.17, 15) is 4.79 Å². The van der Waals surface area contributed by atoms with Gasteiger partial charge in [0.15, 0.2) is 0 Å². The highest BCUT2D eigenvalue weighted by Crippen LogP contribution is 2.15. The molecule has 0 N–H and O–H groups in total. The summed E-state index contributed by atoms with van der Waals surface area (Å²) in [7, 11) is 0. The smallest absolute Gasteiger partial charge is 0.306 e. The first-order valence-corrected chi connectivity index (χ1v) is 14.9. The molecule has 0 heterocycles. The molecular weight excluding hydrogens is 392 g/mol. The Hall–Kier alpha value is -0.530. The summed E-state index contributed by atoms with van der Waals surface area (Å²) in [5, 5.41) is 0. The van der Waals surface area contributed by atoms with Crippen molar-refractivity contribution in [1.29, 1.82) is 0 Å². The van der Waals surface area contributed by atoms with Gasteiger partial charge in [0, 0.05) is 6.42 Å². The lowest BCUT2D eigenvalue weighted by molar-refractivity contribution is -0.148. The molecule has 2 heteroatoms. The van der Waals surface area contributed by atoms with Crippen molar-refractivity contribution in [1.82, 2.24) is 0 Å².